The standard InChI is InChI=1S/C24H52N2/c1-19(2,3)17-22(9,10)21(7,8)15-16-26(25)24(13,14)23(11,12)18-20(4,5)6/h15-18,25H2,1-14H3. The highest BCUT2D eigenvalue weighted by Crippen LogP contribution is 2.49. The third-order valence-electron chi connectivity index (χ3n) is 7.13. The molecule has 0 aromatic heterocycles. The fourth-order valence-corrected chi connectivity index (χ4v) is 4.51. The zero-order valence-corrected chi connectivity index (χ0v) is 20.9. The van der Waals surface area contributed by atoms with Crippen LogP contribution in [-0.2, 0) is 0 Å². The minimum atomic E-state index is -0.0511. The first-order chi connectivity index (χ1) is 11.0. The van der Waals surface area contributed by atoms with Gasteiger partial charge >= 0.3 is 0 Å². The van der Waals surface area contributed by atoms with Gasteiger partial charge in [0.05, 0.1) is 0 Å². The number of rotatable bonds is 8. The van der Waals surface area contributed by atoms with E-state index in [-0.39, 0.29) is 21.8 Å². The van der Waals surface area contributed by atoms with Gasteiger partial charge in [0, 0.05) is 12.1 Å². The molecule has 0 radical (unpaired) electrons. The second kappa shape index (κ2) is 7.74. The predicted molar refractivity (Wildman–Crippen MR) is 119 cm³/mol. The highest BCUT2D eigenvalue weighted by molar-refractivity contribution is 4.97. The number of nitrogens with two attached hydrogens (primary N) is 1. The Hall–Kier alpha value is -0.0800. The monoisotopic (exact) mass is 368 g/mol. The van der Waals surface area contributed by atoms with E-state index in [1.54, 1.807) is 0 Å². The summed E-state index contributed by atoms with van der Waals surface area (Å²) < 4.78 is 0. The summed E-state index contributed by atoms with van der Waals surface area (Å²) in [6, 6.07) is 0. The van der Waals surface area contributed by atoms with Crippen LogP contribution >= 0.6 is 0 Å². The first kappa shape index (κ1) is 25.9. The topological polar surface area (TPSA) is 29.3 Å². The molecule has 0 heterocycles. The van der Waals surface area contributed by atoms with E-state index in [2.05, 4.69) is 102 Å². The second-order valence-corrected chi connectivity index (χ2v) is 13.6. The van der Waals surface area contributed by atoms with Crippen LogP contribution in [0, 0.1) is 27.1 Å². The lowest BCUT2D eigenvalue weighted by Gasteiger charge is -2.51. The fraction of sp³-hybridized carbons (Fsp3) is 1.00. The van der Waals surface area contributed by atoms with Gasteiger partial charge in [0.15, 0.2) is 0 Å². The molecule has 0 aliphatic carbocycles. The molecule has 0 saturated heterocycles. The van der Waals surface area contributed by atoms with E-state index in [4.69, 9.17) is 5.84 Å². The van der Waals surface area contributed by atoms with Gasteiger partial charge in [-0.2, -0.15) is 0 Å². The summed E-state index contributed by atoms with van der Waals surface area (Å²) in [5, 5.41) is 2.12. The van der Waals surface area contributed by atoms with Crippen molar-refractivity contribution >= 4 is 0 Å². The van der Waals surface area contributed by atoms with E-state index in [1.165, 1.54) is 6.42 Å². The van der Waals surface area contributed by atoms with Crippen molar-refractivity contribution in [2.45, 2.75) is 122 Å². The number of hydrogen-bond acceptors (Lipinski definition) is 2. The zero-order valence-electron chi connectivity index (χ0n) is 20.9. The first-order valence-electron chi connectivity index (χ1n) is 10.6. The van der Waals surface area contributed by atoms with Gasteiger partial charge in [0.25, 0.3) is 0 Å². The molecule has 158 valence electrons. The average Bonchev–Trinajstić information content (AvgIpc) is 2.29. The molecule has 26 heavy (non-hydrogen) atoms. The largest absolute Gasteiger partial charge is 0.268 e. The van der Waals surface area contributed by atoms with Crippen molar-refractivity contribution in [2.75, 3.05) is 6.54 Å². The molecule has 0 aromatic rings. The van der Waals surface area contributed by atoms with E-state index in [0.717, 1.165) is 19.4 Å². The van der Waals surface area contributed by atoms with Crippen molar-refractivity contribution in [1.82, 2.24) is 5.01 Å². The Morgan fingerprint density at radius 3 is 1.23 bits per heavy atom. The Bertz CT molecular complexity index is 442. The molecule has 2 nitrogen and oxygen atoms in total. The van der Waals surface area contributed by atoms with Gasteiger partial charge in [-0.3, -0.25) is 5.84 Å². The van der Waals surface area contributed by atoms with Crippen molar-refractivity contribution in [3.05, 3.63) is 0 Å². The lowest BCUT2D eigenvalue weighted by molar-refractivity contribution is -0.0316. The third-order valence-corrected chi connectivity index (χ3v) is 7.13. The molecule has 0 saturated carbocycles. The molecule has 0 fully saturated rings. The van der Waals surface area contributed by atoms with Crippen LogP contribution in [-0.4, -0.2) is 17.1 Å². The lowest BCUT2D eigenvalue weighted by atomic mass is 9.60. The Labute approximate surface area is 166 Å². The highest BCUT2D eigenvalue weighted by atomic mass is 15.4. The average molecular weight is 369 g/mol. The molecule has 0 aromatic carbocycles. The van der Waals surface area contributed by atoms with Crippen molar-refractivity contribution in [3.63, 3.8) is 0 Å². The van der Waals surface area contributed by atoms with Gasteiger partial charge in [0.1, 0.15) is 0 Å². The van der Waals surface area contributed by atoms with E-state index in [9.17, 15) is 0 Å². The fourth-order valence-electron chi connectivity index (χ4n) is 4.51. The van der Waals surface area contributed by atoms with Gasteiger partial charge in [-0.15, -0.1) is 0 Å². The van der Waals surface area contributed by atoms with Gasteiger partial charge in [-0.05, 0) is 60.2 Å². The van der Waals surface area contributed by atoms with Crippen molar-refractivity contribution < 1.29 is 0 Å². The zero-order chi connectivity index (χ0) is 21.4. The summed E-state index contributed by atoms with van der Waals surface area (Å²) in [6.45, 7) is 34.0. The Balaban J connectivity index is 5.18. The number of hydrogen-bond donors (Lipinski definition) is 1. The van der Waals surface area contributed by atoms with Crippen LogP contribution in [0.4, 0.5) is 0 Å². The first-order valence-corrected chi connectivity index (χ1v) is 10.6. The molecule has 2 heteroatoms. The highest BCUT2D eigenvalue weighted by Gasteiger charge is 2.44. The lowest BCUT2D eigenvalue weighted by Crippen LogP contribution is -2.59. The van der Waals surface area contributed by atoms with Crippen molar-refractivity contribution in [3.8, 4) is 0 Å². The van der Waals surface area contributed by atoms with E-state index in [1.807, 2.05) is 0 Å². The molecule has 2 N–H and O–H groups in total. The number of nitrogens with zero attached hydrogens (tertiary/aromatic N) is 1. The van der Waals surface area contributed by atoms with Crippen LogP contribution < -0.4 is 5.84 Å². The smallest absolute Gasteiger partial charge is 0.0346 e. The van der Waals surface area contributed by atoms with Crippen LogP contribution in [0.1, 0.15) is 116 Å². The minimum absolute atomic E-state index is 0.0511. The Morgan fingerprint density at radius 2 is 0.885 bits per heavy atom. The van der Waals surface area contributed by atoms with Gasteiger partial charge < -0.3 is 0 Å². The minimum Gasteiger partial charge on any atom is -0.268 e. The predicted octanol–water partition coefficient (Wildman–Crippen LogP) is 7.28. The molecule has 0 amide bonds. The van der Waals surface area contributed by atoms with Crippen molar-refractivity contribution in [2.24, 2.45) is 32.9 Å². The van der Waals surface area contributed by atoms with E-state index < -0.39 is 0 Å². The van der Waals surface area contributed by atoms with Crippen LogP contribution in [0.2, 0.25) is 0 Å². The molecule has 0 rings (SSSR count). The quantitative estimate of drug-likeness (QED) is 0.360. The maximum atomic E-state index is 6.67. The normalized spacial score (nSPS) is 15.7. The van der Waals surface area contributed by atoms with Gasteiger partial charge in [-0.25, -0.2) is 5.01 Å². The molecule has 0 spiro atoms. The summed E-state index contributed by atoms with van der Waals surface area (Å²) in [5.41, 5.74) is 1.25. The molecular weight excluding hydrogens is 316 g/mol. The summed E-state index contributed by atoms with van der Waals surface area (Å²) in [6.07, 6.45) is 3.48. The van der Waals surface area contributed by atoms with E-state index in [0.29, 0.717) is 10.8 Å². The second-order valence-electron chi connectivity index (χ2n) is 13.6. The van der Waals surface area contributed by atoms with Crippen LogP contribution in [0.3, 0.4) is 0 Å². The van der Waals surface area contributed by atoms with Crippen molar-refractivity contribution in [1.29, 1.82) is 0 Å². The van der Waals surface area contributed by atoms with Gasteiger partial charge in [-0.1, -0.05) is 83.1 Å². The third kappa shape index (κ3) is 7.15. The number of hydrazine groups is 1. The summed E-state index contributed by atoms with van der Waals surface area (Å²) in [5.74, 6) is 6.67. The summed E-state index contributed by atoms with van der Waals surface area (Å²) >= 11 is 0. The summed E-state index contributed by atoms with van der Waals surface area (Å²) in [7, 11) is 0. The molecule has 0 atom stereocenters. The summed E-state index contributed by atoms with van der Waals surface area (Å²) in [4.78, 5) is 0. The molecule has 0 aliphatic rings. The Morgan fingerprint density at radius 1 is 0.538 bits per heavy atom. The SMILES string of the molecule is CC(C)(C)CC(C)(C)C(C)(C)CCN(N)C(C)(C)C(C)(C)CC(C)(C)C. The molecule has 0 bridgehead atoms. The molecule has 0 unspecified atom stereocenters. The molecule has 0 aliphatic heterocycles. The molecular formula is C24H52N2. The maximum Gasteiger partial charge on any atom is 0.0346 e. The van der Waals surface area contributed by atoms with Crippen LogP contribution in [0.25, 0.3) is 0 Å². The van der Waals surface area contributed by atoms with Gasteiger partial charge in [0.2, 0.25) is 0 Å². The Kier molecular flexibility index (Phi) is 7.72. The van der Waals surface area contributed by atoms with Crippen LogP contribution in [0.15, 0.2) is 0 Å². The van der Waals surface area contributed by atoms with Crippen LogP contribution in [0.5, 0.6) is 0 Å². The van der Waals surface area contributed by atoms with E-state index >= 15 is 0 Å². The maximum absolute atomic E-state index is 6.67.